The number of hydrazine groups is 1. The Balaban J connectivity index is 0.00000145. The van der Waals surface area contributed by atoms with Gasteiger partial charge >= 0.3 is 0 Å². The molecule has 0 aliphatic rings. The summed E-state index contributed by atoms with van der Waals surface area (Å²) in [6, 6.07) is 1.84. The van der Waals surface area contributed by atoms with Gasteiger partial charge in [0.2, 0.25) is 0 Å². The third kappa shape index (κ3) is 4.90. The van der Waals surface area contributed by atoms with Crippen LogP contribution in [0, 0.1) is 0 Å². The number of pyridine rings is 1. The van der Waals surface area contributed by atoms with E-state index in [9.17, 15) is 4.79 Å². The van der Waals surface area contributed by atoms with Crippen molar-refractivity contribution in [3.8, 4) is 0 Å². The molecule has 0 unspecified atom stereocenters. The highest BCUT2D eigenvalue weighted by atomic mass is 32.1. The van der Waals surface area contributed by atoms with E-state index in [1.54, 1.807) is 26.6 Å². The smallest absolute Gasteiger partial charge is 0.289 e. The second-order valence-corrected chi connectivity index (χ2v) is 7.06. The Hall–Kier alpha value is -2.55. The van der Waals surface area contributed by atoms with Gasteiger partial charge in [0.25, 0.3) is 5.56 Å². The minimum Gasteiger partial charge on any atom is -0.381 e. The number of nitrogens with zero attached hydrogens (tertiary/aromatic N) is 4. The number of nitrogens with two attached hydrogens (primary N) is 1. The molecule has 0 bridgehead atoms. The third-order valence-corrected chi connectivity index (χ3v) is 5.25. The van der Waals surface area contributed by atoms with Gasteiger partial charge in [0.05, 0.1) is 18.5 Å². The fraction of sp³-hybridized carbons (Fsp3) is 0.381. The minimum atomic E-state index is -0.138. The minimum absolute atomic E-state index is 0.138. The van der Waals surface area contributed by atoms with Crippen molar-refractivity contribution in [2.45, 2.75) is 33.6 Å². The number of allylic oxidation sites excluding steroid dienone is 3. The number of rotatable bonds is 7. The molecule has 3 rings (SSSR count). The predicted molar refractivity (Wildman–Crippen MR) is 123 cm³/mol. The molecule has 0 aliphatic heterocycles. The van der Waals surface area contributed by atoms with E-state index in [4.69, 9.17) is 10.6 Å². The molecule has 0 radical (unpaired) electrons. The number of thiophene rings is 1. The number of ether oxygens (including phenoxy) is 1. The number of anilines is 1. The van der Waals surface area contributed by atoms with Gasteiger partial charge in [-0.25, -0.2) is 15.5 Å². The van der Waals surface area contributed by atoms with Crippen LogP contribution in [0.15, 0.2) is 41.5 Å². The van der Waals surface area contributed by atoms with E-state index in [1.807, 2.05) is 45.1 Å². The second kappa shape index (κ2) is 10.8. The van der Waals surface area contributed by atoms with Crippen LogP contribution in [0.3, 0.4) is 0 Å². The molecule has 0 saturated heterocycles. The summed E-state index contributed by atoms with van der Waals surface area (Å²) >= 11 is 1.37. The van der Waals surface area contributed by atoms with Crippen LogP contribution in [0.2, 0.25) is 0 Å². The summed E-state index contributed by atoms with van der Waals surface area (Å²) in [5, 5.41) is 7.61. The fourth-order valence-corrected chi connectivity index (χ4v) is 4.00. The Kier molecular flexibility index (Phi) is 8.50. The zero-order valence-electron chi connectivity index (χ0n) is 17.7. The number of fused-ring (bicyclic) bond motifs is 3. The Morgan fingerprint density at radius 2 is 2.14 bits per heavy atom. The molecule has 0 saturated carbocycles. The fourth-order valence-electron chi connectivity index (χ4n) is 2.93. The Labute approximate surface area is 175 Å². The first kappa shape index (κ1) is 22.7. The van der Waals surface area contributed by atoms with Gasteiger partial charge < -0.3 is 9.75 Å². The molecule has 29 heavy (non-hydrogen) atoms. The van der Waals surface area contributed by atoms with Crippen molar-refractivity contribution in [3.05, 3.63) is 47.0 Å². The highest BCUT2D eigenvalue weighted by molar-refractivity contribution is 7.25. The van der Waals surface area contributed by atoms with Crippen LogP contribution in [-0.4, -0.2) is 35.5 Å². The van der Waals surface area contributed by atoms with Crippen LogP contribution in [0.4, 0.5) is 5.69 Å². The largest absolute Gasteiger partial charge is 0.381 e. The molecule has 3 aromatic heterocycles. The molecule has 3 heterocycles. The van der Waals surface area contributed by atoms with Crippen molar-refractivity contribution in [1.82, 2.24) is 14.8 Å². The number of methoxy groups -OCH3 is 1. The monoisotopic (exact) mass is 415 g/mol. The average Bonchev–Trinajstić information content (AvgIpc) is 3.12. The van der Waals surface area contributed by atoms with E-state index in [-0.39, 0.29) is 5.56 Å². The molecule has 0 aliphatic carbocycles. The lowest BCUT2D eigenvalue weighted by Crippen LogP contribution is -2.25. The van der Waals surface area contributed by atoms with Crippen molar-refractivity contribution in [1.29, 1.82) is 0 Å². The Morgan fingerprint density at radius 3 is 2.79 bits per heavy atom. The van der Waals surface area contributed by atoms with Crippen molar-refractivity contribution in [3.63, 3.8) is 0 Å². The van der Waals surface area contributed by atoms with E-state index in [1.165, 1.54) is 21.0 Å². The van der Waals surface area contributed by atoms with Gasteiger partial charge in [0.15, 0.2) is 0 Å². The van der Waals surface area contributed by atoms with E-state index < -0.39 is 0 Å². The summed E-state index contributed by atoms with van der Waals surface area (Å²) in [4.78, 5) is 18.3. The number of hydrogen-bond donors (Lipinski definition) is 1. The van der Waals surface area contributed by atoms with E-state index in [2.05, 4.69) is 10.1 Å². The maximum absolute atomic E-state index is 13.1. The summed E-state index contributed by atoms with van der Waals surface area (Å²) in [7, 11) is 3.41. The zero-order valence-corrected chi connectivity index (χ0v) is 18.5. The van der Waals surface area contributed by atoms with Crippen LogP contribution in [0.5, 0.6) is 0 Å². The summed E-state index contributed by atoms with van der Waals surface area (Å²) < 4.78 is 7.13. The first-order chi connectivity index (χ1) is 14.1. The lowest BCUT2D eigenvalue weighted by Gasteiger charge is -2.13. The Morgan fingerprint density at radius 1 is 1.38 bits per heavy atom. The van der Waals surface area contributed by atoms with Gasteiger partial charge in [-0.05, 0) is 12.5 Å². The normalized spacial score (nSPS) is 11.9. The van der Waals surface area contributed by atoms with Crippen molar-refractivity contribution in [2.75, 3.05) is 25.8 Å². The first-order valence-electron chi connectivity index (χ1n) is 9.69. The lowest BCUT2D eigenvalue weighted by molar-refractivity contribution is 0.233. The third-order valence-electron chi connectivity index (χ3n) is 4.14. The molecule has 156 valence electrons. The maximum atomic E-state index is 13.1. The molecule has 8 heteroatoms. The quantitative estimate of drug-likeness (QED) is 0.354. The summed E-state index contributed by atoms with van der Waals surface area (Å²) in [6.45, 7) is 6.58. The molecule has 7 nitrogen and oxygen atoms in total. The molecular formula is C21H29N5O2S. The summed E-state index contributed by atoms with van der Waals surface area (Å²) in [5.74, 6) is 5.94. The molecule has 0 amide bonds. The van der Waals surface area contributed by atoms with Gasteiger partial charge in [-0.3, -0.25) is 4.79 Å². The molecular weight excluding hydrogens is 386 g/mol. The maximum Gasteiger partial charge on any atom is 0.289 e. The van der Waals surface area contributed by atoms with Gasteiger partial charge in [0.1, 0.15) is 9.53 Å². The van der Waals surface area contributed by atoms with Crippen molar-refractivity contribution in [2.24, 2.45) is 5.84 Å². The average molecular weight is 416 g/mol. The topological polar surface area (TPSA) is 86.3 Å². The predicted octanol–water partition coefficient (Wildman–Crippen LogP) is 4.19. The molecule has 3 aromatic rings. The van der Waals surface area contributed by atoms with Gasteiger partial charge in [-0.15, -0.1) is 11.3 Å². The van der Waals surface area contributed by atoms with E-state index in [0.29, 0.717) is 17.7 Å². The van der Waals surface area contributed by atoms with Crippen LogP contribution in [0.1, 0.15) is 33.6 Å². The molecule has 0 spiro atoms. The summed E-state index contributed by atoms with van der Waals surface area (Å²) in [6.07, 6.45) is 10.8. The summed E-state index contributed by atoms with van der Waals surface area (Å²) in [5.41, 5.74) is 1.52. The van der Waals surface area contributed by atoms with Crippen molar-refractivity contribution >= 4 is 43.0 Å². The van der Waals surface area contributed by atoms with Crippen LogP contribution < -0.4 is 16.4 Å². The number of aromatic nitrogens is 3. The number of hydrogen-bond acceptors (Lipinski definition) is 7. The standard InChI is InChI=1S/C19H23N5O2S.C2H6/c1-4-7-13(8-5-6-11-26-3)24-19(25)17-14(12-22-24)16-15(23(2)20)9-10-21-18(16)27-17;1-2/h5-7,9-10,12H,4,8,11,20H2,1-3H3;1-2H3/b6-5-,13-7+;. The molecule has 0 fully saturated rings. The van der Waals surface area contributed by atoms with Crippen LogP contribution >= 0.6 is 11.3 Å². The van der Waals surface area contributed by atoms with Crippen LogP contribution in [0.25, 0.3) is 26.0 Å². The SMILES string of the molecule is CC.CC/C=C(\C/C=C\COC)n1ncc2c(sc3nccc(N(C)N)c32)c1=O. The van der Waals surface area contributed by atoms with Gasteiger partial charge in [-0.1, -0.05) is 39.0 Å². The highest BCUT2D eigenvalue weighted by Crippen LogP contribution is 2.35. The zero-order chi connectivity index (χ0) is 21.4. The second-order valence-electron chi connectivity index (χ2n) is 6.06. The lowest BCUT2D eigenvalue weighted by atomic mass is 10.2. The van der Waals surface area contributed by atoms with Gasteiger partial charge in [-0.2, -0.15) is 5.10 Å². The first-order valence-corrected chi connectivity index (χ1v) is 10.5. The van der Waals surface area contributed by atoms with E-state index >= 15 is 0 Å². The molecule has 0 aromatic carbocycles. The molecule has 0 atom stereocenters. The van der Waals surface area contributed by atoms with Gasteiger partial charge in [0, 0.05) is 43.2 Å². The molecule has 2 N–H and O–H groups in total. The highest BCUT2D eigenvalue weighted by Gasteiger charge is 2.17. The van der Waals surface area contributed by atoms with Crippen LogP contribution in [-0.2, 0) is 4.74 Å². The van der Waals surface area contributed by atoms with Crippen molar-refractivity contribution < 1.29 is 4.74 Å². The Bertz CT molecular complexity index is 1070. The van der Waals surface area contributed by atoms with E-state index in [0.717, 1.165) is 33.4 Å².